The first-order valence-corrected chi connectivity index (χ1v) is 19.7. The van der Waals surface area contributed by atoms with Gasteiger partial charge in [0.25, 0.3) is 0 Å². The molecule has 0 amide bonds. The van der Waals surface area contributed by atoms with Crippen LogP contribution in [0, 0.1) is 0 Å². The summed E-state index contributed by atoms with van der Waals surface area (Å²) in [7, 11) is -3.95. The Morgan fingerprint density at radius 1 is 0.315 bits per heavy atom. The first-order valence-electron chi connectivity index (χ1n) is 17.5. The van der Waals surface area contributed by atoms with Crippen molar-refractivity contribution in [2.24, 2.45) is 0 Å². The van der Waals surface area contributed by atoms with Gasteiger partial charge in [-0.15, -0.1) is 0 Å². The van der Waals surface area contributed by atoms with E-state index < -0.39 is 16.5 Å². The monoisotopic (exact) mass is 739 g/mol. The predicted octanol–water partition coefficient (Wildman–Crippen LogP) is 14.6. The molecular weight excluding hydrogens is 712 g/mol. The zero-order valence-corrected chi connectivity index (χ0v) is 30.2. The van der Waals surface area contributed by atoms with Crippen LogP contribution >= 0.6 is 16.5 Å². The van der Waals surface area contributed by atoms with Crippen molar-refractivity contribution in [1.82, 2.24) is 4.98 Å². The van der Waals surface area contributed by atoms with Gasteiger partial charge < -0.3 is 25.8 Å². The molecule has 54 heavy (non-hydrogen) atoms. The summed E-state index contributed by atoms with van der Waals surface area (Å²) < 4.78 is 39.0. The fourth-order valence-electron chi connectivity index (χ4n) is 7.43. The molecule has 0 saturated carbocycles. The first-order chi connectivity index (χ1) is 26.7. The molecule has 0 N–H and O–H groups in total. The Hall–Kier alpha value is -6.65. The van der Waals surface area contributed by atoms with Crippen molar-refractivity contribution in [3.8, 4) is 11.8 Å². The second kappa shape index (κ2) is 12.5. The summed E-state index contributed by atoms with van der Waals surface area (Å²) in [6.45, 7) is 0. The molecule has 0 aliphatic rings. The van der Waals surface area contributed by atoms with Gasteiger partial charge in [0.05, 0.1) is 0 Å². The van der Waals surface area contributed by atoms with Crippen LogP contribution in [-0.4, -0.2) is 4.98 Å². The largest absolute Gasteiger partial charge is 0.454 e. The van der Waals surface area contributed by atoms with Crippen molar-refractivity contribution in [1.29, 1.82) is 0 Å². The summed E-state index contributed by atoms with van der Waals surface area (Å²) in [5, 5.41) is 12.5. The number of nitrogens with zero attached hydrogens (tertiary/aromatic N) is 1. The number of benzene rings is 8. The molecule has 0 unspecified atom stereocenters. The van der Waals surface area contributed by atoms with E-state index in [2.05, 4.69) is 72.8 Å². The summed E-state index contributed by atoms with van der Waals surface area (Å²) >= 11 is 0. The minimum Gasteiger partial charge on any atom is -0.390 e. The summed E-state index contributed by atoms with van der Waals surface area (Å²) in [4.78, 5) is 4.71. The molecular formula is C45H27NO6P2. The Morgan fingerprint density at radius 2 is 0.611 bits per heavy atom. The van der Waals surface area contributed by atoms with Gasteiger partial charge >= 0.3 is 16.5 Å². The highest BCUT2D eigenvalue weighted by atomic mass is 31.1. The Bertz CT molecular complexity index is 2960. The zero-order chi connectivity index (χ0) is 35.6. The normalized spacial score (nSPS) is 11.7. The van der Waals surface area contributed by atoms with Crippen LogP contribution in [-0.2, 0) is 0 Å². The van der Waals surface area contributed by atoms with Gasteiger partial charge in [0.1, 0.15) is 22.3 Å². The Morgan fingerprint density at radius 3 is 0.926 bits per heavy atom. The van der Waals surface area contributed by atoms with Gasteiger partial charge in [0, 0.05) is 33.7 Å². The molecule has 3 aromatic heterocycles. The maximum absolute atomic E-state index is 6.55. The van der Waals surface area contributed by atoms with Crippen LogP contribution in [0.15, 0.2) is 181 Å². The maximum atomic E-state index is 6.55. The lowest BCUT2D eigenvalue weighted by Gasteiger charge is -2.05. The first kappa shape index (κ1) is 30.9. The highest BCUT2D eigenvalue weighted by Crippen LogP contribution is 2.44. The molecule has 0 radical (unpaired) electrons. The van der Waals surface area contributed by atoms with E-state index in [0.29, 0.717) is 22.3 Å². The van der Waals surface area contributed by atoms with Crippen LogP contribution in [0.2, 0.25) is 0 Å². The third-order valence-electron chi connectivity index (χ3n) is 9.79. The smallest absolute Gasteiger partial charge is 0.390 e. The average molecular weight is 740 g/mol. The Balaban J connectivity index is 1.05. The van der Waals surface area contributed by atoms with Gasteiger partial charge in [0.15, 0.2) is 0 Å². The number of hydrogen-bond donors (Lipinski definition) is 0. The molecule has 11 rings (SSSR count). The molecule has 9 heteroatoms. The molecule has 3 heterocycles. The molecule has 0 spiro atoms. The molecule has 0 bridgehead atoms. The van der Waals surface area contributed by atoms with Gasteiger partial charge in [-0.1, -0.05) is 127 Å². The molecule has 11 aromatic rings. The number of aromatic nitrogens is 1. The van der Waals surface area contributed by atoms with E-state index in [1.807, 2.05) is 78.9 Å². The van der Waals surface area contributed by atoms with Crippen molar-refractivity contribution in [2.75, 3.05) is 0 Å². The predicted molar refractivity (Wildman–Crippen MR) is 219 cm³/mol. The third-order valence-corrected chi connectivity index (χ3v) is 11.8. The van der Waals surface area contributed by atoms with Crippen molar-refractivity contribution in [2.45, 2.75) is 0 Å². The van der Waals surface area contributed by atoms with E-state index >= 15 is 0 Å². The van der Waals surface area contributed by atoms with Gasteiger partial charge in [-0.25, -0.2) is 0 Å². The van der Waals surface area contributed by atoms with E-state index in [1.54, 1.807) is 12.1 Å². The maximum Gasteiger partial charge on any atom is 0.454 e. The molecule has 0 aliphatic carbocycles. The van der Waals surface area contributed by atoms with Gasteiger partial charge in [-0.2, -0.15) is 4.98 Å². The topological polar surface area (TPSA) is 83.9 Å². The van der Waals surface area contributed by atoms with Gasteiger partial charge in [-0.05, 0) is 67.4 Å². The summed E-state index contributed by atoms with van der Waals surface area (Å²) in [5.41, 5.74) is 2.68. The molecule has 7 nitrogen and oxygen atoms in total. The molecule has 0 saturated heterocycles. The van der Waals surface area contributed by atoms with Gasteiger partial charge in [-0.3, -0.25) is 0 Å². The van der Waals surface area contributed by atoms with Crippen LogP contribution in [0.4, 0.5) is 0 Å². The van der Waals surface area contributed by atoms with Crippen LogP contribution in [0.1, 0.15) is 0 Å². The number of pyridine rings is 1. The summed E-state index contributed by atoms with van der Waals surface area (Å²) in [6.07, 6.45) is 0. The second-order valence-electron chi connectivity index (χ2n) is 12.9. The van der Waals surface area contributed by atoms with Crippen molar-refractivity contribution in [3.05, 3.63) is 164 Å². The average Bonchev–Trinajstić information content (AvgIpc) is 3.48. The summed E-state index contributed by atoms with van der Waals surface area (Å²) in [6, 6.07) is 54.6. The fraction of sp³-hybridized carbons (Fsp3) is 0. The molecule has 8 aromatic carbocycles. The lowest BCUT2D eigenvalue weighted by atomic mass is 9.99. The van der Waals surface area contributed by atoms with Crippen LogP contribution in [0.3, 0.4) is 0 Å². The van der Waals surface area contributed by atoms with Crippen LogP contribution < -0.4 is 9.05 Å². The number of hydrogen-bond acceptors (Lipinski definition) is 7. The fourth-order valence-corrected chi connectivity index (χ4v) is 9.41. The minimum absolute atomic E-state index is 0.271. The second-order valence-corrected chi connectivity index (χ2v) is 14.9. The molecule has 0 atom stereocenters. The van der Waals surface area contributed by atoms with E-state index in [-0.39, 0.29) is 11.8 Å². The Kier molecular flexibility index (Phi) is 7.16. The van der Waals surface area contributed by atoms with Gasteiger partial charge in [0.2, 0.25) is 11.8 Å². The number of rotatable bonds is 4. The molecule has 258 valence electrons. The molecule has 0 aliphatic heterocycles. The number of fused-ring (bicyclic) bond motifs is 14. The van der Waals surface area contributed by atoms with Crippen molar-refractivity contribution < 1.29 is 25.8 Å². The van der Waals surface area contributed by atoms with Crippen LogP contribution in [0.5, 0.6) is 11.8 Å². The Labute approximate surface area is 308 Å². The van der Waals surface area contributed by atoms with E-state index in [4.69, 9.17) is 30.8 Å². The lowest BCUT2D eigenvalue weighted by Crippen LogP contribution is -1.88. The highest BCUT2D eigenvalue weighted by molar-refractivity contribution is 7.32. The van der Waals surface area contributed by atoms with Crippen molar-refractivity contribution >= 4 is 103 Å². The lowest BCUT2D eigenvalue weighted by molar-refractivity contribution is 0.462. The SMILES string of the molecule is c1cc(Op2oc3ccc4ccccc4c3c3c(ccc4ccccc43)o2)nc(Op2oc3ccc4ccccc4c3c3c(ccc4ccccc43)o2)c1. The minimum atomic E-state index is -1.97. The third kappa shape index (κ3) is 5.17. The van der Waals surface area contributed by atoms with E-state index in [1.165, 1.54) is 0 Å². The quantitative estimate of drug-likeness (QED) is 0.178. The molecule has 0 fully saturated rings. The van der Waals surface area contributed by atoms with E-state index in [0.717, 1.165) is 64.6 Å². The standard InChI is InChI=1S/C45H27NO6P2/c1-5-14-32-28(10-1)20-24-36-42(32)43-33-15-6-2-11-29(33)21-25-37(43)48-53(47-36)51-40-18-9-19-41(46-40)52-54-49-38-26-22-30-12-3-7-16-34(30)44(38)45-35-17-8-4-13-31(35)23-27-39(45)50-54/h1-27H. The zero-order valence-electron chi connectivity index (χ0n) is 28.4. The van der Waals surface area contributed by atoms with Crippen molar-refractivity contribution in [3.63, 3.8) is 0 Å². The highest BCUT2D eigenvalue weighted by Gasteiger charge is 2.17. The van der Waals surface area contributed by atoms with E-state index in [9.17, 15) is 0 Å². The van der Waals surface area contributed by atoms with Crippen LogP contribution in [0.25, 0.3) is 87.0 Å². The summed E-state index contributed by atoms with van der Waals surface area (Å²) in [5.74, 6) is 0.542.